The molecular formula is C22H25N3O6. The van der Waals surface area contributed by atoms with Gasteiger partial charge in [0.2, 0.25) is 11.8 Å². The molecule has 164 valence electrons. The van der Waals surface area contributed by atoms with E-state index in [1.807, 2.05) is 48.5 Å². The first-order valence-electron chi connectivity index (χ1n) is 9.60. The van der Waals surface area contributed by atoms with Gasteiger partial charge in [0.15, 0.2) is 0 Å². The highest BCUT2D eigenvalue weighted by Gasteiger charge is 2.22. The van der Waals surface area contributed by atoms with Gasteiger partial charge in [0.25, 0.3) is 0 Å². The summed E-state index contributed by atoms with van der Waals surface area (Å²) in [7, 11) is 1.23. The third-order valence-corrected chi connectivity index (χ3v) is 4.16. The highest BCUT2D eigenvalue weighted by atomic mass is 16.5. The molecule has 0 bridgehead atoms. The van der Waals surface area contributed by atoms with E-state index in [4.69, 9.17) is 9.47 Å². The molecule has 31 heavy (non-hydrogen) atoms. The van der Waals surface area contributed by atoms with Gasteiger partial charge in [-0.15, -0.1) is 0 Å². The summed E-state index contributed by atoms with van der Waals surface area (Å²) in [4.78, 5) is 47.5. The molecule has 0 radical (unpaired) electrons. The molecule has 2 aromatic rings. The first-order valence-corrected chi connectivity index (χ1v) is 9.60. The minimum atomic E-state index is -0.886. The van der Waals surface area contributed by atoms with E-state index in [0.29, 0.717) is 0 Å². The number of amides is 3. The van der Waals surface area contributed by atoms with Crippen molar-refractivity contribution >= 4 is 23.9 Å². The molecule has 0 saturated carbocycles. The van der Waals surface area contributed by atoms with Crippen LogP contribution < -0.4 is 16.0 Å². The Morgan fingerprint density at radius 1 is 0.806 bits per heavy atom. The molecule has 0 spiro atoms. The third-order valence-electron chi connectivity index (χ3n) is 4.16. The average Bonchev–Trinajstić information content (AvgIpc) is 2.80. The molecule has 1 atom stereocenters. The number of carbonyl (C=O) groups is 4. The van der Waals surface area contributed by atoms with Crippen LogP contribution >= 0.6 is 0 Å². The Labute approximate surface area is 180 Å². The van der Waals surface area contributed by atoms with Gasteiger partial charge in [0, 0.05) is 6.42 Å². The average molecular weight is 427 g/mol. The highest BCUT2D eigenvalue weighted by Crippen LogP contribution is 2.04. The number of hydrogen-bond donors (Lipinski definition) is 3. The van der Waals surface area contributed by atoms with Crippen LogP contribution in [0.4, 0.5) is 4.79 Å². The van der Waals surface area contributed by atoms with Crippen LogP contribution in [-0.2, 0) is 36.9 Å². The van der Waals surface area contributed by atoms with E-state index in [2.05, 4.69) is 16.0 Å². The first-order chi connectivity index (χ1) is 15.0. The van der Waals surface area contributed by atoms with Gasteiger partial charge >= 0.3 is 12.1 Å². The summed E-state index contributed by atoms with van der Waals surface area (Å²) in [5.74, 6) is -1.73. The molecule has 0 fully saturated rings. The Morgan fingerprint density at radius 2 is 1.39 bits per heavy atom. The molecule has 0 heterocycles. The van der Waals surface area contributed by atoms with Crippen molar-refractivity contribution in [3.05, 3.63) is 71.8 Å². The number of hydrogen-bond acceptors (Lipinski definition) is 6. The van der Waals surface area contributed by atoms with Crippen molar-refractivity contribution < 1.29 is 28.7 Å². The zero-order chi connectivity index (χ0) is 22.5. The van der Waals surface area contributed by atoms with Gasteiger partial charge in [-0.05, 0) is 11.1 Å². The molecule has 0 aliphatic rings. The van der Waals surface area contributed by atoms with E-state index in [9.17, 15) is 19.2 Å². The molecular weight excluding hydrogens is 402 g/mol. The monoisotopic (exact) mass is 427 g/mol. The molecule has 0 unspecified atom stereocenters. The molecule has 2 aromatic carbocycles. The number of benzene rings is 2. The van der Waals surface area contributed by atoms with Crippen LogP contribution in [0, 0.1) is 0 Å². The summed E-state index contributed by atoms with van der Waals surface area (Å²) in [5, 5.41) is 7.20. The third kappa shape index (κ3) is 8.99. The lowest BCUT2D eigenvalue weighted by Gasteiger charge is -2.17. The van der Waals surface area contributed by atoms with Crippen molar-refractivity contribution in [1.82, 2.24) is 16.0 Å². The number of methoxy groups -OCH3 is 1. The van der Waals surface area contributed by atoms with Crippen molar-refractivity contribution in [3.63, 3.8) is 0 Å². The zero-order valence-corrected chi connectivity index (χ0v) is 17.1. The van der Waals surface area contributed by atoms with Crippen LogP contribution in [0.3, 0.4) is 0 Å². The van der Waals surface area contributed by atoms with E-state index in [0.717, 1.165) is 11.1 Å². The van der Waals surface area contributed by atoms with Gasteiger partial charge in [-0.2, -0.15) is 0 Å². The molecule has 0 aliphatic carbocycles. The number of carbonyl (C=O) groups excluding carboxylic acids is 4. The topological polar surface area (TPSA) is 123 Å². The maximum atomic E-state index is 12.1. The SMILES string of the molecule is COC(=O)[C@@H](Cc1ccccc1)NC(=O)CNC(=O)CNC(=O)OCc1ccccc1. The normalized spacial score (nSPS) is 11.0. The quantitative estimate of drug-likeness (QED) is 0.485. The summed E-state index contributed by atoms with van der Waals surface area (Å²) in [6, 6.07) is 17.3. The zero-order valence-electron chi connectivity index (χ0n) is 17.1. The molecule has 0 aromatic heterocycles. The Morgan fingerprint density at radius 3 is 2.00 bits per heavy atom. The number of alkyl carbamates (subject to hydrolysis) is 1. The van der Waals surface area contributed by atoms with Crippen LogP contribution in [0.15, 0.2) is 60.7 Å². The van der Waals surface area contributed by atoms with Gasteiger partial charge in [0.1, 0.15) is 19.2 Å². The summed E-state index contributed by atoms with van der Waals surface area (Å²) in [5.41, 5.74) is 1.66. The summed E-state index contributed by atoms with van der Waals surface area (Å²) < 4.78 is 9.72. The maximum Gasteiger partial charge on any atom is 0.407 e. The van der Waals surface area contributed by atoms with Crippen molar-refractivity contribution in [2.24, 2.45) is 0 Å². The van der Waals surface area contributed by atoms with Crippen molar-refractivity contribution in [2.45, 2.75) is 19.1 Å². The van der Waals surface area contributed by atoms with Crippen LogP contribution in [0.2, 0.25) is 0 Å². The first kappa shape index (κ1) is 23.4. The van der Waals surface area contributed by atoms with Crippen LogP contribution in [0.5, 0.6) is 0 Å². The van der Waals surface area contributed by atoms with Gasteiger partial charge in [0.05, 0.1) is 13.7 Å². The van der Waals surface area contributed by atoms with E-state index < -0.39 is 29.9 Å². The number of rotatable bonds is 10. The largest absolute Gasteiger partial charge is 0.467 e. The van der Waals surface area contributed by atoms with Gasteiger partial charge < -0.3 is 25.4 Å². The second-order valence-corrected chi connectivity index (χ2v) is 6.52. The number of esters is 1. The summed E-state index contributed by atoms with van der Waals surface area (Å²) >= 11 is 0. The van der Waals surface area contributed by atoms with E-state index in [1.54, 1.807) is 12.1 Å². The lowest BCUT2D eigenvalue weighted by molar-refractivity contribution is -0.145. The Hall–Kier alpha value is -3.88. The minimum absolute atomic E-state index is 0.0764. The van der Waals surface area contributed by atoms with Crippen molar-refractivity contribution in [2.75, 3.05) is 20.2 Å². The summed E-state index contributed by atoms with van der Waals surface area (Å²) in [6.07, 6.45) is -0.501. The smallest absolute Gasteiger partial charge is 0.407 e. The van der Waals surface area contributed by atoms with Crippen LogP contribution in [-0.4, -0.2) is 50.1 Å². The predicted octanol–water partition coefficient (Wildman–Crippen LogP) is 0.930. The molecule has 0 saturated heterocycles. The second-order valence-electron chi connectivity index (χ2n) is 6.52. The Balaban J connectivity index is 1.70. The minimum Gasteiger partial charge on any atom is -0.467 e. The maximum absolute atomic E-state index is 12.1. The second kappa shape index (κ2) is 12.6. The fraction of sp³-hybridized carbons (Fsp3) is 0.273. The van der Waals surface area contributed by atoms with Gasteiger partial charge in [-0.3, -0.25) is 9.59 Å². The van der Waals surface area contributed by atoms with E-state index in [-0.39, 0.29) is 26.1 Å². The van der Waals surface area contributed by atoms with Crippen LogP contribution in [0.1, 0.15) is 11.1 Å². The molecule has 3 N–H and O–H groups in total. The Kier molecular flexibility index (Phi) is 9.54. The molecule has 9 nitrogen and oxygen atoms in total. The highest BCUT2D eigenvalue weighted by molar-refractivity contribution is 5.89. The van der Waals surface area contributed by atoms with Crippen molar-refractivity contribution in [1.29, 1.82) is 0 Å². The lowest BCUT2D eigenvalue weighted by Crippen LogP contribution is -2.48. The van der Waals surface area contributed by atoms with Gasteiger partial charge in [-0.25, -0.2) is 9.59 Å². The fourth-order valence-corrected chi connectivity index (χ4v) is 2.60. The molecule has 0 aliphatic heterocycles. The van der Waals surface area contributed by atoms with Crippen LogP contribution in [0.25, 0.3) is 0 Å². The summed E-state index contributed by atoms with van der Waals surface area (Å²) in [6.45, 7) is -0.639. The van der Waals surface area contributed by atoms with Gasteiger partial charge in [-0.1, -0.05) is 60.7 Å². The van der Waals surface area contributed by atoms with Crippen molar-refractivity contribution in [3.8, 4) is 0 Å². The fourth-order valence-electron chi connectivity index (χ4n) is 2.60. The Bertz CT molecular complexity index is 873. The molecule has 3 amide bonds. The lowest BCUT2D eigenvalue weighted by atomic mass is 10.1. The van der Waals surface area contributed by atoms with E-state index >= 15 is 0 Å². The predicted molar refractivity (Wildman–Crippen MR) is 112 cm³/mol. The molecule has 9 heteroatoms. The number of nitrogens with one attached hydrogen (secondary N) is 3. The standard InChI is InChI=1S/C22H25N3O6/c1-30-21(28)18(12-16-8-4-2-5-9-16)25-20(27)14-23-19(26)13-24-22(29)31-15-17-10-6-3-7-11-17/h2-11,18H,12-15H2,1H3,(H,23,26)(H,24,29)(H,25,27)/t18-/m1/s1. The molecule has 2 rings (SSSR count). The number of ether oxygens (including phenoxy) is 2. The van der Waals surface area contributed by atoms with E-state index in [1.165, 1.54) is 7.11 Å².